The van der Waals surface area contributed by atoms with Gasteiger partial charge in [-0.15, -0.1) is 0 Å². The first kappa shape index (κ1) is 20.3. The van der Waals surface area contributed by atoms with Gasteiger partial charge >= 0.3 is 0 Å². The fraction of sp³-hybridized carbons (Fsp3) is 0.200. The third-order valence-electron chi connectivity index (χ3n) is 3.37. The summed E-state index contributed by atoms with van der Waals surface area (Å²) in [4.78, 5) is 23.8. The lowest BCUT2D eigenvalue weighted by atomic mass is 10.2. The van der Waals surface area contributed by atoms with Crippen molar-refractivity contribution in [2.45, 2.75) is 20.0 Å². The van der Waals surface area contributed by atoms with E-state index in [1.807, 2.05) is 13.8 Å². The van der Waals surface area contributed by atoms with Gasteiger partial charge in [-0.2, -0.15) is 0 Å². The van der Waals surface area contributed by atoms with E-state index in [0.29, 0.717) is 27.6 Å². The normalized spacial score (nSPS) is 10.7. The molecule has 0 spiro atoms. The van der Waals surface area contributed by atoms with Gasteiger partial charge in [-0.05, 0) is 49.8 Å². The lowest BCUT2D eigenvalue weighted by Gasteiger charge is -2.15. The fourth-order valence-electron chi connectivity index (χ4n) is 2.18. The van der Waals surface area contributed by atoms with Crippen LogP contribution >= 0.6 is 11.6 Å². The van der Waals surface area contributed by atoms with Crippen LogP contribution in [0.4, 0.5) is 0 Å². The number of hydrazine groups is 1. The van der Waals surface area contributed by atoms with Crippen LogP contribution < -0.4 is 20.3 Å². The molecule has 2 N–H and O–H groups in total. The molecule has 27 heavy (non-hydrogen) atoms. The molecule has 0 aliphatic carbocycles. The van der Waals surface area contributed by atoms with E-state index in [2.05, 4.69) is 10.9 Å². The first-order valence-corrected chi connectivity index (χ1v) is 8.66. The molecule has 2 amide bonds. The highest BCUT2D eigenvalue weighted by Gasteiger charge is 2.13. The number of ether oxygens (including phenoxy) is 2. The first-order chi connectivity index (χ1) is 12.9. The molecule has 2 rings (SSSR count). The van der Waals surface area contributed by atoms with Crippen LogP contribution in [0.5, 0.6) is 11.5 Å². The molecule has 0 aliphatic rings. The minimum absolute atomic E-state index is 0.0585. The molecule has 2 aromatic carbocycles. The van der Waals surface area contributed by atoms with Crippen molar-refractivity contribution < 1.29 is 19.1 Å². The summed E-state index contributed by atoms with van der Waals surface area (Å²) in [5.74, 6) is 0.0219. The zero-order valence-electron chi connectivity index (χ0n) is 15.3. The van der Waals surface area contributed by atoms with Crippen molar-refractivity contribution in [2.75, 3.05) is 7.11 Å². The van der Waals surface area contributed by atoms with Crippen LogP contribution in [0.2, 0.25) is 5.02 Å². The Kier molecular flexibility index (Phi) is 7.25. The molecule has 0 aromatic heterocycles. The summed E-state index contributed by atoms with van der Waals surface area (Å²) in [5, 5.41) is 0.375. The van der Waals surface area contributed by atoms with E-state index in [0.717, 1.165) is 0 Å². The maximum absolute atomic E-state index is 11.9. The molecule has 0 atom stereocenters. The Bertz CT molecular complexity index is 835. The molecule has 0 bridgehead atoms. The minimum Gasteiger partial charge on any atom is -0.493 e. The van der Waals surface area contributed by atoms with E-state index in [1.165, 1.54) is 13.2 Å². The molecule has 7 heteroatoms. The summed E-state index contributed by atoms with van der Waals surface area (Å²) >= 11 is 6.25. The second-order valence-corrected chi connectivity index (χ2v) is 6.25. The van der Waals surface area contributed by atoms with Gasteiger partial charge in [-0.25, -0.2) is 0 Å². The van der Waals surface area contributed by atoms with Gasteiger partial charge in [0.2, 0.25) is 0 Å². The quantitative estimate of drug-likeness (QED) is 0.585. The van der Waals surface area contributed by atoms with Gasteiger partial charge in [-0.1, -0.05) is 29.8 Å². The monoisotopic (exact) mass is 388 g/mol. The second-order valence-electron chi connectivity index (χ2n) is 5.84. The van der Waals surface area contributed by atoms with Gasteiger partial charge in [-0.3, -0.25) is 20.4 Å². The van der Waals surface area contributed by atoms with Gasteiger partial charge in [0.05, 0.1) is 18.2 Å². The Hall–Kier alpha value is -2.99. The highest BCUT2D eigenvalue weighted by molar-refractivity contribution is 6.32. The molecular formula is C20H21ClN2O4. The smallest absolute Gasteiger partial charge is 0.269 e. The predicted molar refractivity (Wildman–Crippen MR) is 105 cm³/mol. The number of halogens is 1. The molecule has 0 radical (unpaired) electrons. The minimum atomic E-state index is -0.489. The number of hydrogen-bond acceptors (Lipinski definition) is 4. The molecular weight excluding hydrogens is 368 g/mol. The van der Waals surface area contributed by atoms with Gasteiger partial charge in [0.15, 0.2) is 11.5 Å². The molecule has 6 nitrogen and oxygen atoms in total. The van der Waals surface area contributed by atoms with E-state index in [1.54, 1.807) is 48.5 Å². The van der Waals surface area contributed by atoms with Crippen molar-refractivity contribution >= 4 is 29.5 Å². The maximum Gasteiger partial charge on any atom is 0.269 e. The average molecular weight is 389 g/mol. The van der Waals surface area contributed by atoms with Crippen LogP contribution in [0.25, 0.3) is 6.08 Å². The summed E-state index contributed by atoms with van der Waals surface area (Å²) in [5.41, 5.74) is 5.75. The van der Waals surface area contributed by atoms with Gasteiger partial charge in [0.1, 0.15) is 0 Å². The summed E-state index contributed by atoms with van der Waals surface area (Å²) in [6.07, 6.45) is 2.77. The fourth-order valence-corrected chi connectivity index (χ4v) is 2.44. The highest BCUT2D eigenvalue weighted by atomic mass is 35.5. The Balaban J connectivity index is 2.01. The van der Waals surface area contributed by atoms with E-state index in [-0.39, 0.29) is 6.10 Å². The van der Waals surface area contributed by atoms with Crippen molar-refractivity contribution in [3.63, 3.8) is 0 Å². The highest BCUT2D eigenvalue weighted by Crippen LogP contribution is 2.37. The predicted octanol–water partition coefficient (Wildman–Crippen LogP) is 3.61. The third-order valence-corrected chi connectivity index (χ3v) is 3.65. The summed E-state index contributed by atoms with van der Waals surface area (Å²) in [6, 6.07) is 11.9. The number of carbonyl (C=O) groups excluding carboxylic acids is 2. The molecule has 0 aliphatic heterocycles. The number of methoxy groups -OCH3 is 1. The third kappa shape index (κ3) is 6.04. The topological polar surface area (TPSA) is 76.7 Å². The molecule has 0 saturated heterocycles. The molecule has 0 heterocycles. The number of carbonyl (C=O) groups is 2. The number of rotatable bonds is 6. The zero-order chi connectivity index (χ0) is 19.8. The van der Waals surface area contributed by atoms with Crippen LogP contribution in [-0.4, -0.2) is 25.0 Å². The first-order valence-electron chi connectivity index (χ1n) is 8.28. The summed E-state index contributed by atoms with van der Waals surface area (Å²) < 4.78 is 10.9. The molecule has 0 saturated carbocycles. The van der Waals surface area contributed by atoms with Crippen LogP contribution in [-0.2, 0) is 4.79 Å². The van der Waals surface area contributed by atoms with Crippen LogP contribution in [0.1, 0.15) is 29.8 Å². The molecule has 2 aromatic rings. The van der Waals surface area contributed by atoms with E-state index in [4.69, 9.17) is 21.1 Å². The number of benzene rings is 2. The SMILES string of the molecule is COc1cc(/C=C/C(=O)NNC(=O)c2ccccc2)cc(Cl)c1OC(C)C. The number of nitrogens with one attached hydrogen (secondary N) is 2. The van der Waals surface area contributed by atoms with Gasteiger partial charge in [0, 0.05) is 11.6 Å². The van der Waals surface area contributed by atoms with Gasteiger partial charge in [0.25, 0.3) is 11.8 Å². The number of amides is 2. The Morgan fingerprint density at radius 3 is 2.44 bits per heavy atom. The van der Waals surface area contributed by atoms with Crippen LogP contribution in [0.15, 0.2) is 48.5 Å². The van der Waals surface area contributed by atoms with E-state index < -0.39 is 11.8 Å². The average Bonchev–Trinajstić information content (AvgIpc) is 2.66. The largest absolute Gasteiger partial charge is 0.493 e. The van der Waals surface area contributed by atoms with Crippen molar-refractivity contribution in [1.29, 1.82) is 0 Å². The molecule has 142 valence electrons. The van der Waals surface area contributed by atoms with Crippen molar-refractivity contribution in [3.05, 3.63) is 64.7 Å². The second kappa shape index (κ2) is 9.64. The lowest BCUT2D eigenvalue weighted by molar-refractivity contribution is -0.117. The molecule has 0 unspecified atom stereocenters. The lowest BCUT2D eigenvalue weighted by Crippen LogP contribution is -2.40. The maximum atomic E-state index is 11.9. The van der Waals surface area contributed by atoms with Crippen molar-refractivity contribution in [2.24, 2.45) is 0 Å². The van der Waals surface area contributed by atoms with E-state index >= 15 is 0 Å². The summed E-state index contributed by atoms with van der Waals surface area (Å²) in [6.45, 7) is 3.77. The standard InChI is InChI=1S/C20H21ClN2O4/c1-13(2)27-19-16(21)11-14(12-17(19)26-3)9-10-18(24)22-23-20(25)15-7-5-4-6-8-15/h4-13H,1-3H3,(H,22,24)(H,23,25)/b10-9+. The Morgan fingerprint density at radius 1 is 1.11 bits per heavy atom. The Labute approximate surface area is 163 Å². The molecule has 0 fully saturated rings. The zero-order valence-corrected chi connectivity index (χ0v) is 16.0. The number of hydrogen-bond donors (Lipinski definition) is 2. The summed E-state index contributed by atoms with van der Waals surface area (Å²) in [7, 11) is 1.51. The van der Waals surface area contributed by atoms with Gasteiger partial charge < -0.3 is 9.47 Å². The Morgan fingerprint density at radius 2 is 1.81 bits per heavy atom. The van der Waals surface area contributed by atoms with Crippen molar-refractivity contribution in [3.8, 4) is 11.5 Å². The van der Waals surface area contributed by atoms with Crippen LogP contribution in [0.3, 0.4) is 0 Å². The van der Waals surface area contributed by atoms with Crippen LogP contribution in [0, 0.1) is 0 Å². The van der Waals surface area contributed by atoms with E-state index in [9.17, 15) is 9.59 Å². The van der Waals surface area contributed by atoms with Crippen molar-refractivity contribution in [1.82, 2.24) is 10.9 Å².